The van der Waals surface area contributed by atoms with Crippen LogP contribution in [0.4, 0.5) is 0 Å². The van der Waals surface area contributed by atoms with Gasteiger partial charge in [-0.3, -0.25) is 0 Å². The van der Waals surface area contributed by atoms with Crippen molar-refractivity contribution in [1.82, 2.24) is 0 Å². The first-order chi connectivity index (χ1) is 11.7. The van der Waals surface area contributed by atoms with Gasteiger partial charge >= 0.3 is 0 Å². The van der Waals surface area contributed by atoms with E-state index in [2.05, 4.69) is 20.8 Å². The number of fused-ring (bicyclic) bond motifs is 5. The summed E-state index contributed by atoms with van der Waals surface area (Å²) in [6, 6.07) is 0. The van der Waals surface area contributed by atoms with E-state index in [9.17, 15) is 15.3 Å². The van der Waals surface area contributed by atoms with Gasteiger partial charge < -0.3 is 15.3 Å². The van der Waals surface area contributed by atoms with Gasteiger partial charge in [-0.25, -0.2) is 0 Å². The Morgan fingerprint density at radius 2 is 1.72 bits per heavy atom. The molecular formula is C22H36O3. The summed E-state index contributed by atoms with van der Waals surface area (Å²) < 4.78 is 0. The van der Waals surface area contributed by atoms with Crippen LogP contribution in [0, 0.1) is 34.5 Å². The Balaban J connectivity index is 1.79. The summed E-state index contributed by atoms with van der Waals surface area (Å²) in [6.07, 6.45) is 6.76. The van der Waals surface area contributed by atoms with E-state index in [1.165, 1.54) is 11.1 Å². The SMILES string of the molecule is CC1=C2C(C)C(O)CC[C@]2(CO)[C@@H]2CC[C@@]3(C)[C@@H](CCC3(C)O)[C@@H]2C1. The maximum atomic E-state index is 11.0. The fourth-order valence-corrected chi connectivity index (χ4v) is 7.88. The molecule has 3 fully saturated rings. The molecule has 0 aromatic rings. The predicted octanol–water partition coefficient (Wildman–Crippen LogP) is 3.67. The van der Waals surface area contributed by atoms with Crippen molar-refractivity contribution in [2.45, 2.75) is 84.3 Å². The molecule has 0 spiro atoms. The van der Waals surface area contributed by atoms with Gasteiger partial charge in [-0.15, -0.1) is 0 Å². The predicted molar refractivity (Wildman–Crippen MR) is 98.9 cm³/mol. The van der Waals surface area contributed by atoms with E-state index in [0.717, 1.165) is 44.9 Å². The third-order valence-corrected chi connectivity index (χ3v) is 9.45. The van der Waals surface area contributed by atoms with Gasteiger partial charge in [0.1, 0.15) is 0 Å². The molecular weight excluding hydrogens is 312 g/mol. The van der Waals surface area contributed by atoms with Crippen molar-refractivity contribution in [2.24, 2.45) is 34.5 Å². The second-order valence-corrected chi connectivity index (χ2v) is 10.3. The lowest BCUT2D eigenvalue weighted by Crippen LogP contribution is -2.57. The van der Waals surface area contributed by atoms with Crippen LogP contribution in [-0.2, 0) is 0 Å². The summed E-state index contributed by atoms with van der Waals surface area (Å²) in [4.78, 5) is 0. The van der Waals surface area contributed by atoms with Crippen molar-refractivity contribution in [1.29, 1.82) is 0 Å². The minimum atomic E-state index is -0.553. The molecule has 0 aromatic heterocycles. The fourth-order valence-electron chi connectivity index (χ4n) is 7.88. The lowest BCUT2D eigenvalue weighted by atomic mass is 9.44. The third kappa shape index (κ3) is 2.15. The summed E-state index contributed by atoms with van der Waals surface area (Å²) in [7, 11) is 0. The monoisotopic (exact) mass is 348 g/mol. The van der Waals surface area contributed by atoms with Gasteiger partial charge in [-0.05, 0) is 82.0 Å². The Bertz CT molecular complexity index is 594. The van der Waals surface area contributed by atoms with Gasteiger partial charge in [0.15, 0.2) is 0 Å². The highest BCUT2D eigenvalue weighted by atomic mass is 16.3. The molecule has 3 heteroatoms. The third-order valence-electron chi connectivity index (χ3n) is 9.45. The molecule has 0 heterocycles. The highest BCUT2D eigenvalue weighted by Gasteiger charge is 2.63. The quantitative estimate of drug-likeness (QED) is 0.634. The molecule has 8 atom stereocenters. The van der Waals surface area contributed by atoms with Gasteiger partial charge in [-0.2, -0.15) is 0 Å². The van der Waals surface area contributed by atoms with Gasteiger partial charge in [0, 0.05) is 11.3 Å². The number of rotatable bonds is 1. The standard InChI is InChI=1S/C22H36O3/c1-13-11-15-16-6-9-21(4,25)20(16,3)8-5-17(15)22(12-23)10-7-18(24)14(2)19(13)22/h14-18,23-25H,5-12H2,1-4H3/t14?,15-,16-,17+,18?,20-,21?,22-/m0/s1. The van der Waals surface area contributed by atoms with E-state index in [4.69, 9.17) is 0 Å². The Kier molecular flexibility index (Phi) is 4.00. The maximum Gasteiger partial charge on any atom is 0.0675 e. The number of aliphatic hydroxyl groups excluding tert-OH is 2. The smallest absolute Gasteiger partial charge is 0.0675 e. The topological polar surface area (TPSA) is 60.7 Å². The summed E-state index contributed by atoms with van der Waals surface area (Å²) in [5.41, 5.74) is 2.13. The van der Waals surface area contributed by atoms with Crippen molar-refractivity contribution in [3.63, 3.8) is 0 Å². The Morgan fingerprint density at radius 1 is 1.04 bits per heavy atom. The molecule has 142 valence electrons. The van der Waals surface area contributed by atoms with Gasteiger partial charge in [0.2, 0.25) is 0 Å². The summed E-state index contributed by atoms with van der Waals surface area (Å²) in [5, 5.41) is 32.1. The first kappa shape index (κ1) is 18.0. The zero-order chi connectivity index (χ0) is 18.2. The maximum absolute atomic E-state index is 11.0. The summed E-state index contributed by atoms with van der Waals surface area (Å²) in [5.74, 6) is 1.81. The fraction of sp³-hybridized carbons (Fsp3) is 0.909. The highest BCUT2D eigenvalue weighted by Crippen LogP contribution is 2.68. The summed E-state index contributed by atoms with van der Waals surface area (Å²) in [6.45, 7) is 8.97. The van der Waals surface area contributed by atoms with Crippen LogP contribution in [0.1, 0.15) is 72.6 Å². The van der Waals surface area contributed by atoms with Crippen LogP contribution in [-0.4, -0.2) is 33.6 Å². The van der Waals surface area contributed by atoms with E-state index in [1.807, 2.05) is 6.92 Å². The zero-order valence-corrected chi connectivity index (χ0v) is 16.4. The van der Waals surface area contributed by atoms with E-state index in [0.29, 0.717) is 17.8 Å². The number of hydrogen-bond donors (Lipinski definition) is 3. The van der Waals surface area contributed by atoms with Crippen LogP contribution >= 0.6 is 0 Å². The van der Waals surface area contributed by atoms with Crippen molar-refractivity contribution in [2.75, 3.05) is 6.61 Å². The number of hydrogen-bond acceptors (Lipinski definition) is 3. The first-order valence-corrected chi connectivity index (χ1v) is 10.4. The molecule has 4 aliphatic rings. The second-order valence-electron chi connectivity index (χ2n) is 10.3. The molecule has 0 amide bonds. The van der Waals surface area contributed by atoms with Crippen molar-refractivity contribution >= 4 is 0 Å². The van der Waals surface area contributed by atoms with Crippen molar-refractivity contribution in [3.05, 3.63) is 11.1 Å². The molecule has 25 heavy (non-hydrogen) atoms. The van der Waals surface area contributed by atoms with Crippen molar-refractivity contribution in [3.8, 4) is 0 Å². The molecule has 0 bridgehead atoms. The Labute approximate surface area is 152 Å². The van der Waals surface area contributed by atoms with Crippen LogP contribution in [0.15, 0.2) is 11.1 Å². The van der Waals surface area contributed by atoms with Crippen LogP contribution in [0.2, 0.25) is 0 Å². The lowest BCUT2D eigenvalue weighted by molar-refractivity contribution is -0.128. The van der Waals surface area contributed by atoms with E-state index < -0.39 is 5.60 Å². The largest absolute Gasteiger partial charge is 0.395 e. The van der Waals surface area contributed by atoms with E-state index >= 15 is 0 Å². The van der Waals surface area contributed by atoms with Crippen LogP contribution in [0.25, 0.3) is 0 Å². The number of allylic oxidation sites excluding steroid dienone is 1. The Morgan fingerprint density at radius 3 is 2.40 bits per heavy atom. The first-order valence-electron chi connectivity index (χ1n) is 10.4. The molecule has 3 nitrogen and oxygen atoms in total. The highest BCUT2D eigenvalue weighted by molar-refractivity contribution is 5.33. The second kappa shape index (κ2) is 5.56. The van der Waals surface area contributed by atoms with Crippen molar-refractivity contribution < 1.29 is 15.3 Å². The van der Waals surface area contributed by atoms with E-state index in [-0.39, 0.29) is 29.5 Å². The molecule has 0 radical (unpaired) electrons. The van der Waals surface area contributed by atoms with Gasteiger partial charge in [0.25, 0.3) is 0 Å². The summed E-state index contributed by atoms with van der Waals surface area (Å²) >= 11 is 0. The van der Waals surface area contributed by atoms with Gasteiger partial charge in [-0.1, -0.05) is 25.0 Å². The minimum absolute atomic E-state index is 0.0163. The average molecular weight is 349 g/mol. The molecule has 4 aliphatic carbocycles. The molecule has 3 N–H and O–H groups in total. The molecule has 3 unspecified atom stereocenters. The molecule has 4 rings (SSSR count). The molecule has 3 saturated carbocycles. The molecule has 0 saturated heterocycles. The average Bonchev–Trinajstić information content (AvgIpc) is 2.81. The normalized spacial score (nSPS) is 55.6. The zero-order valence-electron chi connectivity index (χ0n) is 16.4. The van der Waals surface area contributed by atoms with Crippen LogP contribution < -0.4 is 0 Å². The molecule has 0 aliphatic heterocycles. The Hall–Kier alpha value is -0.380. The number of aliphatic hydroxyl groups is 3. The molecule has 0 aromatic carbocycles. The van der Waals surface area contributed by atoms with Crippen LogP contribution in [0.3, 0.4) is 0 Å². The van der Waals surface area contributed by atoms with Gasteiger partial charge in [0.05, 0.1) is 18.3 Å². The minimum Gasteiger partial charge on any atom is -0.395 e. The van der Waals surface area contributed by atoms with Crippen LogP contribution in [0.5, 0.6) is 0 Å². The lowest BCUT2D eigenvalue weighted by Gasteiger charge is -2.61. The van der Waals surface area contributed by atoms with E-state index in [1.54, 1.807) is 0 Å².